The average Bonchev–Trinajstić information content (AvgIpc) is 3.41. The minimum atomic E-state index is -4.62. The Kier molecular flexibility index (Phi) is 7.85. The van der Waals surface area contributed by atoms with E-state index in [1.807, 2.05) is 0 Å². The van der Waals surface area contributed by atoms with Gasteiger partial charge in [0.2, 0.25) is 17.7 Å². The zero-order valence-electron chi connectivity index (χ0n) is 21.9. The van der Waals surface area contributed by atoms with E-state index >= 15 is 0 Å². The van der Waals surface area contributed by atoms with E-state index in [9.17, 15) is 36.7 Å². The van der Waals surface area contributed by atoms with Crippen molar-refractivity contribution in [3.63, 3.8) is 0 Å². The standard InChI is InChI=1S/C29H17Cl2F4N3O4S2/c30-18-6-2-5-17(22(18)31)20-21-23(26(41)38(25(21)40)16-9-7-14(32)8-10-16)43-27-24(20)44-28(42)37(27)12-19(39)36-15-4-1-3-13(11-15)29(33,34)35/h1-11,20-21,23H,12H2,(H,36,39). The lowest BCUT2D eigenvalue weighted by Gasteiger charge is -2.31. The van der Waals surface area contributed by atoms with Gasteiger partial charge >= 0.3 is 11.0 Å². The highest BCUT2D eigenvalue weighted by Gasteiger charge is 2.57. The summed E-state index contributed by atoms with van der Waals surface area (Å²) in [5.74, 6) is -4.46. The molecule has 15 heteroatoms. The SMILES string of the molecule is O=C(Cn1c2c(sc1=O)C(c1cccc(Cl)c1Cl)C1C(=O)N(c3ccc(F)cc3)C(=O)C1S2)Nc1cccc(C(F)(F)F)c1. The van der Waals surface area contributed by atoms with Crippen LogP contribution < -0.4 is 15.1 Å². The van der Waals surface area contributed by atoms with Gasteiger partial charge in [0.25, 0.3) is 0 Å². The van der Waals surface area contributed by atoms with Crippen molar-refractivity contribution in [2.45, 2.75) is 28.9 Å². The third-order valence-corrected chi connectivity index (χ3v) is 10.7. The van der Waals surface area contributed by atoms with E-state index in [0.717, 1.165) is 62.9 Å². The smallest absolute Gasteiger partial charge is 0.325 e. The lowest BCUT2D eigenvalue weighted by atomic mass is 9.83. The van der Waals surface area contributed by atoms with Crippen molar-refractivity contribution in [2.75, 3.05) is 10.2 Å². The van der Waals surface area contributed by atoms with Crippen LogP contribution >= 0.6 is 46.3 Å². The topological polar surface area (TPSA) is 88.5 Å². The van der Waals surface area contributed by atoms with Crippen molar-refractivity contribution in [3.05, 3.63) is 108 Å². The van der Waals surface area contributed by atoms with E-state index in [1.165, 1.54) is 18.2 Å². The maximum absolute atomic E-state index is 13.9. The normalized spacial score (nSPS) is 19.6. The van der Waals surface area contributed by atoms with Crippen LogP contribution in [-0.4, -0.2) is 27.5 Å². The molecule has 3 unspecified atom stereocenters. The van der Waals surface area contributed by atoms with Crippen LogP contribution in [0.4, 0.5) is 28.9 Å². The molecule has 7 nitrogen and oxygen atoms in total. The number of hydrogen-bond donors (Lipinski definition) is 1. The zero-order chi connectivity index (χ0) is 31.5. The van der Waals surface area contributed by atoms with Gasteiger partial charge in [-0.15, -0.1) is 0 Å². The Morgan fingerprint density at radius 3 is 2.36 bits per heavy atom. The van der Waals surface area contributed by atoms with Crippen molar-refractivity contribution in [3.8, 4) is 0 Å². The number of carbonyl (C=O) groups excluding carboxylic acids is 3. The third-order valence-electron chi connectivity index (χ3n) is 7.23. The number of nitrogens with zero attached hydrogens (tertiary/aromatic N) is 2. The number of carbonyl (C=O) groups is 3. The van der Waals surface area contributed by atoms with Gasteiger partial charge in [0, 0.05) is 16.5 Å². The number of fused-ring (bicyclic) bond motifs is 2. The van der Waals surface area contributed by atoms with Gasteiger partial charge in [-0.25, -0.2) is 9.29 Å². The summed E-state index contributed by atoms with van der Waals surface area (Å²) in [6.07, 6.45) is -4.62. The molecular weight excluding hydrogens is 665 g/mol. The molecule has 44 heavy (non-hydrogen) atoms. The minimum Gasteiger partial charge on any atom is -0.325 e. The van der Waals surface area contributed by atoms with Gasteiger partial charge in [-0.3, -0.25) is 23.7 Å². The molecule has 4 aromatic rings. The largest absolute Gasteiger partial charge is 0.416 e. The van der Waals surface area contributed by atoms with E-state index in [-0.39, 0.29) is 26.4 Å². The molecule has 2 aliphatic heterocycles. The monoisotopic (exact) mass is 681 g/mol. The molecule has 0 saturated carbocycles. The Morgan fingerprint density at radius 1 is 0.955 bits per heavy atom. The number of hydrogen-bond acceptors (Lipinski definition) is 6. The first-order chi connectivity index (χ1) is 20.8. The number of alkyl halides is 3. The van der Waals surface area contributed by atoms with Crippen LogP contribution in [0.1, 0.15) is 21.9 Å². The Labute approximate surface area is 264 Å². The van der Waals surface area contributed by atoms with Crippen LogP contribution in [0.3, 0.4) is 0 Å². The number of benzene rings is 3. The highest BCUT2D eigenvalue weighted by molar-refractivity contribution is 8.00. The number of aromatic nitrogens is 1. The number of nitrogens with one attached hydrogen (secondary N) is 1. The quantitative estimate of drug-likeness (QED) is 0.185. The molecule has 1 N–H and O–H groups in total. The maximum Gasteiger partial charge on any atom is 0.416 e. The van der Waals surface area contributed by atoms with Crippen molar-refractivity contribution in [1.82, 2.24) is 4.57 Å². The molecule has 6 rings (SSSR count). The first-order valence-electron chi connectivity index (χ1n) is 12.8. The van der Waals surface area contributed by atoms with Gasteiger partial charge in [-0.05, 0) is 54.1 Å². The highest BCUT2D eigenvalue weighted by Crippen LogP contribution is 2.55. The number of thiazole rings is 1. The summed E-state index contributed by atoms with van der Waals surface area (Å²) in [6.45, 7) is -0.578. The number of imide groups is 1. The Balaban J connectivity index is 1.40. The van der Waals surface area contributed by atoms with Crippen LogP contribution in [0.15, 0.2) is 76.6 Å². The molecule has 1 saturated heterocycles. The van der Waals surface area contributed by atoms with Gasteiger partial charge < -0.3 is 5.32 Å². The van der Waals surface area contributed by atoms with E-state index in [1.54, 1.807) is 18.2 Å². The van der Waals surface area contributed by atoms with E-state index < -0.39 is 63.8 Å². The van der Waals surface area contributed by atoms with E-state index in [4.69, 9.17) is 23.2 Å². The summed E-state index contributed by atoms with van der Waals surface area (Å²) in [5.41, 5.74) is -0.531. The molecule has 0 spiro atoms. The number of anilines is 2. The Bertz CT molecular complexity index is 1890. The molecule has 3 aromatic carbocycles. The molecule has 1 fully saturated rings. The van der Waals surface area contributed by atoms with Gasteiger partial charge in [-0.1, -0.05) is 64.5 Å². The number of amides is 3. The van der Waals surface area contributed by atoms with Crippen LogP contribution in [-0.2, 0) is 27.1 Å². The van der Waals surface area contributed by atoms with Crippen LogP contribution in [0.5, 0.6) is 0 Å². The van der Waals surface area contributed by atoms with Gasteiger partial charge in [0.05, 0.1) is 32.2 Å². The maximum atomic E-state index is 13.9. The number of rotatable bonds is 5. The predicted molar refractivity (Wildman–Crippen MR) is 159 cm³/mol. The second kappa shape index (κ2) is 11.4. The fourth-order valence-corrected chi connectivity index (χ4v) is 8.50. The molecule has 0 aliphatic carbocycles. The summed E-state index contributed by atoms with van der Waals surface area (Å²) < 4.78 is 54.2. The van der Waals surface area contributed by atoms with Crippen molar-refractivity contribution >= 4 is 75.4 Å². The molecular formula is C29H17Cl2F4N3O4S2. The summed E-state index contributed by atoms with van der Waals surface area (Å²) in [6, 6.07) is 13.7. The summed E-state index contributed by atoms with van der Waals surface area (Å²) in [7, 11) is 0. The van der Waals surface area contributed by atoms with Crippen LogP contribution in [0.25, 0.3) is 0 Å². The molecule has 2 aliphatic rings. The number of thioether (sulfide) groups is 1. The van der Waals surface area contributed by atoms with Crippen molar-refractivity contribution in [1.29, 1.82) is 0 Å². The first-order valence-corrected chi connectivity index (χ1v) is 15.2. The number of halogens is 6. The van der Waals surface area contributed by atoms with E-state index in [2.05, 4.69) is 5.32 Å². The molecule has 3 amide bonds. The fraction of sp³-hybridized carbons (Fsp3) is 0.172. The van der Waals surface area contributed by atoms with Gasteiger partial charge in [0.15, 0.2) is 0 Å². The zero-order valence-corrected chi connectivity index (χ0v) is 25.0. The van der Waals surface area contributed by atoms with Gasteiger partial charge in [0.1, 0.15) is 17.6 Å². The lowest BCUT2D eigenvalue weighted by molar-refractivity contribution is -0.137. The Hall–Kier alpha value is -3.65. The second-order valence-electron chi connectivity index (χ2n) is 9.92. The minimum absolute atomic E-state index is 0.117. The van der Waals surface area contributed by atoms with Crippen molar-refractivity contribution in [2.24, 2.45) is 5.92 Å². The van der Waals surface area contributed by atoms with Gasteiger partial charge in [-0.2, -0.15) is 13.2 Å². The molecule has 0 radical (unpaired) electrons. The molecule has 226 valence electrons. The van der Waals surface area contributed by atoms with Crippen LogP contribution in [0, 0.1) is 11.7 Å². The lowest BCUT2D eigenvalue weighted by Crippen LogP contribution is -2.33. The Morgan fingerprint density at radius 2 is 1.66 bits per heavy atom. The predicted octanol–water partition coefficient (Wildman–Crippen LogP) is 6.81. The molecule has 3 atom stereocenters. The third kappa shape index (κ3) is 5.31. The highest BCUT2D eigenvalue weighted by atomic mass is 35.5. The second-order valence-corrected chi connectivity index (χ2v) is 12.8. The average molecular weight is 683 g/mol. The summed E-state index contributed by atoms with van der Waals surface area (Å²) in [5, 5.41) is 1.87. The first kappa shape index (κ1) is 30.4. The van der Waals surface area contributed by atoms with Crippen molar-refractivity contribution < 1.29 is 31.9 Å². The molecule has 3 heterocycles. The summed E-state index contributed by atoms with van der Waals surface area (Å²) >= 11 is 14.6. The fourth-order valence-electron chi connectivity index (χ4n) is 5.31. The van der Waals surface area contributed by atoms with Crippen LogP contribution in [0.2, 0.25) is 10.0 Å². The molecule has 1 aromatic heterocycles. The summed E-state index contributed by atoms with van der Waals surface area (Å²) in [4.78, 5) is 54.7. The van der Waals surface area contributed by atoms with E-state index in [0.29, 0.717) is 10.4 Å². The molecule has 0 bridgehead atoms.